The Morgan fingerprint density at radius 2 is 1.79 bits per heavy atom. The van der Waals surface area contributed by atoms with Crippen LogP contribution < -0.4 is 5.32 Å². The van der Waals surface area contributed by atoms with Gasteiger partial charge in [-0.05, 0) is 25.3 Å². The van der Waals surface area contributed by atoms with Crippen molar-refractivity contribution in [1.29, 1.82) is 0 Å². The molecule has 0 radical (unpaired) electrons. The second-order valence-corrected chi connectivity index (χ2v) is 6.91. The molecule has 0 bridgehead atoms. The summed E-state index contributed by atoms with van der Waals surface area (Å²) < 4.78 is 0. The molecule has 1 N–H and O–H groups in total. The zero-order valence-electron chi connectivity index (χ0n) is 14.8. The molecule has 2 rings (SSSR count). The Morgan fingerprint density at radius 3 is 2.38 bits per heavy atom. The van der Waals surface area contributed by atoms with Gasteiger partial charge >= 0.3 is 6.03 Å². The van der Waals surface area contributed by atoms with E-state index in [1.54, 1.807) is 30.8 Å². The van der Waals surface area contributed by atoms with E-state index in [-0.39, 0.29) is 18.0 Å². The van der Waals surface area contributed by atoms with Crippen molar-refractivity contribution in [2.24, 2.45) is 0 Å². The first-order valence-electron chi connectivity index (χ1n) is 8.08. The van der Waals surface area contributed by atoms with Gasteiger partial charge in [0.25, 0.3) is 0 Å². The maximum Gasteiger partial charge on any atom is 0.319 e. The van der Waals surface area contributed by atoms with Crippen molar-refractivity contribution in [2.45, 2.75) is 17.9 Å². The van der Waals surface area contributed by atoms with Crippen molar-refractivity contribution in [3.05, 3.63) is 24.3 Å². The van der Waals surface area contributed by atoms with Gasteiger partial charge in [0.1, 0.15) is 0 Å². The predicted molar refractivity (Wildman–Crippen MR) is 98.5 cm³/mol. The summed E-state index contributed by atoms with van der Waals surface area (Å²) >= 11 is 1.61. The molecule has 1 aromatic rings. The van der Waals surface area contributed by atoms with Gasteiger partial charge < -0.3 is 15.1 Å². The van der Waals surface area contributed by atoms with E-state index in [4.69, 9.17) is 0 Å². The molecule has 6 nitrogen and oxygen atoms in total. The van der Waals surface area contributed by atoms with Gasteiger partial charge in [-0.2, -0.15) is 0 Å². The van der Waals surface area contributed by atoms with Crippen molar-refractivity contribution < 1.29 is 9.59 Å². The maximum atomic E-state index is 12.6. The Bertz CT molecular complexity index is 586. The number of nitrogens with zero attached hydrogens (tertiary/aromatic N) is 3. The summed E-state index contributed by atoms with van der Waals surface area (Å²) in [5, 5.41) is 3.02. The molecule has 1 aliphatic rings. The zero-order chi connectivity index (χ0) is 17.7. The van der Waals surface area contributed by atoms with E-state index < -0.39 is 0 Å². The summed E-state index contributed by atoms with van der Waals surface area (Å²) in [6.07, 6.45) is 2.00. The fourth-order valence-electron chi connectivity index (χ4n) is 2.73. The molecule has 1 saturated heterocycles. The molecular weight excluding hydrogens is 324 g/mol. The third-order valence-corrected chi connectivity index (χ3v) is 5.06. The van der Waals surface area contributed by atoms with Gasteiger partial charge in [0.2, 0.25) is 5.91 Å². The number of para-hydroxylation sites is 1. The molecule has 7 heteroatoms. The fraction of sp³-hybridized carbons (Fsp3) is 0.529. The van der Waals surface area contributed by atoms with E-state index in [0.717, 1.165) is 10.6 Å². The van der Waals surface area contributed by atoms with Crippen LogP contribution in [0.2, 0.25) is 0 Å². The monoisotopic (exact) mass is 350 g/mol. The molecule has 132 valence electrons. The molecule has 1 aromatic carbocycles. The fourth-order valence-corrected chi connectivity index (χ4v) is 3.29. The topological polar surface area (TPSA) is 55.9 Å². The van der Waals surface area contributed by atoms with Crippen LogP contribution in [0.4, 0.5) is 10.5 Å². The lowest BCUT2D eigenvalue weighted by atomic mass is 10.2. The molecule has 0 saturated carbocycles. The molecule has 0 aliphatic carbocycles. The first-order valence-corrected chi connectivity index (χ1v) is 9.30. The highest BCUT2D eigenvalue weighted by Crippen LogP contribution is 2.25. The van der Waals surface area contributed by atoms with Gasteiger partial charge in [0, 0.05) is 45.2 Å². The Labute approximate surface area is 148 Å². The summed E-state index contributed by atoms with van der Waals surface area (Å²) in [6, 6.07) is 7.61. The van der Waals surface area contributed by atoms with Crippen LogP contribution in [0.5, 0.6) is 0 Å². The SMILES string of the molecule is CSc1ccccc1NC(=O)C(C)N1CCN(C(=O)N(C)C)CC1. The lowest BCUT2D eigenvalue weighted by Gasteiger charge is -2.38. The number of amides is 3. The smallest absolute Gasteiger partial charge is 0.319 e. The Morgan fingerprint density at radius 1 is 1.17 bits per heavy atom. The number of rotatable bonds is 4. The summed E-state index contributed by atoms with van der Waals surface area (Å²) in [5.74, 6) is -0.0103. The number of carbonyl (C=O) groups excluding carboxylic acids is 2. The van der Waals surface area contributed by atoms with E-state index in [2.05, 4.69) is 10.2 Å². The van der Waals surface area contributed by atoms with E-state index in [1.807, 2.05) is 42.3 Å². The molecule has 1 heterocycles. The minimum atomic E-state index is -0.225. The molecule has 3 amide bonds. The average molecular weight is 350 g/mol. The highest BCUT2D eigenvalue weighted by Gasteiger charge is 2.28. The lowest BCUT2D eigenvalue weighted by Crippen LogP contribution is -2.55. The van der Waals surface area contributed by atoms with Crippen LogP contribution in [0.1, 0.15) is 6.92 Å². The van der Waals surface area contributed by atoms with E-state index >= 15 is 0 Å². The standard InChI is InChI=1S/C17H26N4O2S/c1-13(16(22)18-14-7-5-6-8-15(14)24-4)20-9-11-21(12-10-20)17(23)19(2)3/h5-8,13H,9-12H2,1-4H3,(H,18,22). The number of thioether (sulfide) groups is 1. The van der Waals surface area contributed by atoms with Crippen LogP contribution in [0.3, 0.4) is 0 Å². The number of anilines is 1. The Kier molecular flexibility index (Phi) is 6.51. The van der Waals surface area contributed by atoms with Gasteiger partial charge in [-0.3, -0.25) is 9.69 Å². The summed E-state index contributed by atoms with van der Waals surface area (Å²) in [7, 11) is 3.52. The summed E-state index contributed by atoms with van der Waals surface area (Å²) in [5.41, 5.74) is 0.850. The van der Waals surface area contributed by atoms with E-state index in [9.17, 15) is 9.59 Å². The highest BCUT2D eigenvalue weighted by molar-refractivity contribution is 7.98. The number of hydrogen-bond acceptors (Lipinski definition) is 4. The first-order chi connectivity index (χ1) is 11.4. The molecule has 24 heavy (non-hydrogen) atoms. The second-order valence-electron chi connectivity index (χ2n) is 6.07. The van der Waals surface area contributed by atoms with Crippen molar-refractivity contribution in [1.82, 2.24) is 14.7 Å². The van der Waals surface area contributed by atoms with Gasteiger partial charge in [-0.25, -0.2) is 4.79 Å². The van der Waals surface area contributed by atoms with Crippen LogP contribution in [-0.4, -0.2) is 79.2 Å². The van der Waals surface area contributed by atoms with Gasteiger partial charge in [-0.15, -0.1) is 11.8 Å². The number of carbonyl (C=O) groups is 2. The maximum absolute atomic E-state index is 12.6. The minimum Gasteiger partial charge on any atom is -0.331 e. The highest BCUT2D eigenvalue weighted by atomic mass is 32.2. The third-order valence-electron chi connectivity index (χ3n) is 4.26. The number of hydrogen-bond donors (Lipinski definition) is 1. The third kappa shape index (κ3) is 4.42. The van der Waals surface area contributed by atoms with Crippen molar-refractivity contribution in [3.63, 3.8) is 0 Å². The van der Waals surface area contributed by atoms with Crippen LogP contribution in [-0.2, 0) is 4.79 Å². The quantitative estimate of drug-likeness (QED) is 0.845. The number of piperazine rings is 1. The van der Waals surface area contributed by atoms with Crippen molar-refractivity contribution in [2.75, 3.05) is 51.8 Å². The molecule has 0 aromatic heterocycles. The second kappa shape index (κ2) is 8.39. The van der Waals surface area contributed by atoms with Crippen LogP contribution in [0.15, 0.2) is 29.2 Å². The average Bonchev–Trinajstić information content (AvgIpc) is 2.60. The molecule has 1 fully saturated rings. The predicted octanol–water partition coefficient (Wildman–Crippen LogP) is 2.03. The van der Waals surface area contributed by atoms with Gasteiger partial charge in [-0.1, -0.05) is 12.1 Å². The number of benzene rings is 1. The van der Waals surface area contributed by atoms with Crippen LogP contribution in [0, 0.1) is 0 Å². The number of urea groups is 1. The van der Waals surface area contributed by atoms with Gasteiger partial charge in [0.15, 0.2) is 0 Å². The van der Waals surface area contributed by atoms with Gasteiger partial charge in [0.05, 0.1) is 11.7 Å². The zero-order valence-corrected chi connectivity index (χ0v) is 15.6. The van der Waals surface area contributed by atoms with Crippen molar-refractivity contribution >= 4 is 29.4 Å². The minimum absolute atomic E-state index is 0.0103. The summed E-state index contributed by atoms with van der Waals surface area (Å²) in [6.45, 7) is 4.63. The van der Waals surface area contributed by atoms with Crippen molar-refractivity contribution in [3.8, 4) is 0 Å². The van der Waals surface area contributed by atoms with Crippen LogP contribution >= 0.6 is 11.8 Å². The summed E-state index contributed by atoms with van der Waals surface area (Å²) in [4.78, 5) is 31.1. The lowest BCUT2D eigenvalue weighted by molar-refractivity contribution is -0.121. The largest absolute Gasteiger partial charge is 0.331 e. The molecule has 1 aliphatic heterocycles. The molecule has 0 spiro atoms. The molecule has 1 unspecified atom stereocenters. The molecular formula is C17H26N4O2S. The normalized spacial score (nSPS) is 16.6. The van der Waals surface area contributed by atoms with E-state index in [0.29, 0.717) is 26.2 Å². The number of nitrogens with one attached hydrogen (secondary N) is 1. The van der Waals surface area contributed by atoms with Crippen LogP contribution in [0.25, 0.3) is 0 Å². The molecule has 1 atom stereocenters. The first kappa shape index (κ1) is 18.6. The Balaban J connectivity index is 1.91. The Hall–Kier alpha value is -1.73. The van der Waals surface area contributed by atoms with E-state index in [1.165, 1.54) is 0 Å².